The molecule has 18 heavy (non-hydrogen) atoms. The molecule has 94 valence electrons. The van der Waals surface area contributed by atoms with Crippen LogP contribution in [0.4, 0.5) is 5.69 Å². The molecule has 1 rings (SSSR count). The Bertz CT molecular complexity index is 505. The van der Waals surface area contributed by atoms with E-state index in [1.807, 2.05) is 12.2 Å². The number of carbonyl (C=O) groups excluding carboxylic acids is 1. The highest BCUT2D eigenvalue weighted by molar-refractivity contribution is 5.91. The van der Waals surface area contributed by atoms with Crippen molar-refractivity contribution in [2.75, 3.05) is 19.4 Å². The Balaban J connectivity index is 2.79. The van der Waals surface area contributed by atoms with Gasteiger partial charge in [0, 0.05) is 17.1 Å². The molecule has 0 aliphatic heterocycles. The Morgan fingerprint density at radius 2 is 2.33 bits per heavy atom. The van der Waals surface area contributed by atoms with Crippen molar-refractivity contribution >= 4 is 17.7 Å². The lowest BCUT2D eigenvalue weighted by molar-refractivity contribution is 0.0601. The highest BCUT2D eigenvalue weighted by Gasteiger charge is 2.06. The second kappa shape index (κ2) is 6.98. The van der Waals surface area contributed by atoms with E-state index >= 15 is 0 Å². The summed E-state index contributed by atoms with van der Waals surface area (Å²) >= 11 is 0. The molecule has 6 nitrogen and oxygen atoms in total. The average molecular weight is 246 g/mol. The van der Waals surface area contributed by atoms with Crippen LogP contribution in [0.2, 0.25) is 0 Å². The SMILES string of the molecule is COC(=O)c1cc(N)cc(C=CCCN=[N+]=[N-])c1. The van der Waals surface area contributed by atoms with Gasteiger partial charge in [-0.3, -0.25) is 0 Å². The Morgan fingerprint density at radius 3 is 3.00 bits per heavy atom. The van der Waals surface area contributed by atoms with Crippen LogP contribution in [0.3, 0.4) is 0 Å². The lowest BCUT2D eigenvalue weighted by Crippen LogP contribution is -2.02. The minimum absolute atomic E-state index is 0.402. The lowest BCUT2D eigenvalue weighted by atomic mass is 10.1. The zero-order chi connectivity index (χ0) is 13.4. The zero-order valence-electron chi connectivity index (χ0n) is 10.0. The number of ether oxygens (including phenoxy) is 1. The number of nitrogen functional groups attached to an aromatic ring is 1. The third kappa shape index (κ3) is 4.19. The molecule has 0 saturated carbocycles. The molecule has 0 saturated heterocycles. The van der Waals surface area contributed by atoms with Crippen LogP contribution in [0.25, 0.3) is 16.5 Å². The van der Waals surface area contributed by atoms with Gasteiger partial charge < -0.3 is 10.5 Å². The minimum Gasteiger partial charge on any atom is -0.465 e. The standard InChI is InChI=1S/C12H14N4O2/c1-18-12(17)10-6-9(7-11(13)8-10)4-2-3-5-15-16-14/h2,4,6-8H,3,5,13H2,1H3. The van der Waals surface area contributed by atoms with Crippen molar-refractivity contribution < 1.29 is 9.53 Å². The summed E-state index contributed by atoms with van der Waals surface area (Å²) in [6.45, 7) is 0.402. The molecule has 0 heterocycles. The van der Waals surface area contributed by atoms with Crippen LogP contribution in [-0.4, -0.2) is 19.6 Å². The second-order valence-corrected chi connectivity index (χ2v) is 3.53. The maximum atomic E-state index is 11.4. The first-order valence-electron chi connectivity index (χ1n) is 5.33. The molecule has 0 aliphatic rings. The van der Waals surface area contributed by atoms with Crippen LogP contribution in [0.15, 0.2) is 29.4 Å². The molecule has 0 fully saturated rings. The van der Waals surface area contributed by atoms with Gasteiger partial charge in [0.2, 0.25) is 0 Å². The van der Waals surface area contributed by atoms with Crippen LogP contribution in [0, 0.1) is 0 Å². The number of benzene rings is 1. The number of carbonyl (C=O) groups is 1. The summed E-state index contributed by atoms with van der Waals surface area (Å²) < 4.78 is 4.63. The number of methoxy groups -OCH3 is 1. The summed E-state index contributed by atoms with van der Waals surface area (Å²) in [6.07, 6.45) is 4.30. The zero-order valence-corrected chi connectivity index (χ0v) is 10.0. The number of rotatable bonds is 5. The van der Waals surface area contributed by atoms with Gasteiger partial charge >= 0.3 is 5.97 Å². The number of anilines is 1. The molecular formula is C12H14N4O2. The van der Waals surface area contributed by atoms with Crippen molar-refractivity contribution in [1.82, 2.24) is 0 Å². The molecule has 0 aliphatic carbocycles. The number of esters is 1. The number of nitrogens with two attached hydrogens (primary N) is 1. The maximum absolute atomic E-state index is 11.4. The Kier molecular flexibility index (Phi) is 5.28. The fourth-order valence-electron chi connectivity index (χ4n) is 1.40. The predicted molar refractivity (Wildman–Crippen MR) is 69.9 cm³/mol. The van der Waals surface area contributed by atoms with Gasteiger partial charge in [-0.05, 0) is 35.7 Å². The molecule has 0 amide bonds. The number of hydrogen-bond acceptors (Lipinski definition) is 4. The van der Waals surface area contributed by atoms with Gasteiger partial charge in [-0.15, -0.1) is 0 Å². The lowest BCUT2D eigenvalue weighted by Gasteiger charge is -2.03. The Labute approximate surface area is 105 Å². The maximum Gasteiger partial charge on any atom is 0.337 e. The summed E-state index contributed by atoms with van der Waals surface area (Å²) in [7, 11) is 1.32. The van der Waals surface area contributed by atoms with E-state index in [1.54, 1.807) is 18.2 Å². The topological polar surface area (TPSA) is 101 Å². The van der Waals surface area contributed by atoms with Crippen LogP contribution < -0.4 is 5.73 Å². The summed E-state index contributed by atoms with van der Waals surface area (Å²) in [6, 6.07) is 4.99. The molecule has 1 aromatic rings. The van der Waals surface area contributed by atoms with Crippen molar-refractivity contribution in [3.05, 3.63) is 45.8 Å². The van der Waals surface area contributed by atoms with Crippen LogP contribution >= 0.6 is 0 Å². The monoisotopic (exact) mass is 246 g/mol. The van der Waals surface area contributed by atoms with E-state index in [0.29, 0.717) is 24.2 Å². The first kappa shape index (κ1) is 13.6. The third-order valence-electron chi connectivity index (χ3n) is 2.17. The van der Waals surface area contributed by atoms with E-state index in [9.17, 15) is 4.79 Å². The van der Waals surface area contributed by atoms with Crippen molar-refractivity contribution in [2.45, 2.75) is 6.42 Å². The molecule has 0 aromatic heterocycles. The molecular weight excluding hydrogens is 232 g/mol. The van der Waals surface area contributed by atoms with Gasteiger partial charge in [-0.2, -0.15) is 0 Å². The van der Waals surface area contributed by atoms with Crippen molar-refractivity contribution in [1.29, 1.82) is 0 Å². The summed E-state index contributed by atoms with van der Waals surface area (Å²) in [5.41, 5.74) is 15.5. The minimum atomic E-state index is -0.425. The third-order valence-corrected chi connectivity index (χ3v) is 2.17. The fourth-order valence-corrected chi connectivity index (χ4v) is 1.40. The van der Waals surface area contributed by atoms with Crippen LogP contribution in [0.5, 0.6) is 0 Å². The number of azide groups is 1. The van der Waals surface area contributed by atoms with Crippen LogP contribution in [-0.2, 0) is 4.74 Å². The molecule has 1 aromatic carbocycles. The second-order valence-electron chi connectivity index (χ2n) is 3.53. The van der Waals surface area contributed by atoms with Gasteiger partial charge in [-0.1, -0.05) is 17.3 Å². The van der Waals surface area contributed by atoms with E-state index in [0.717, 1.165) is 5.56 Å². The molecule has 0 spiro atoms. The molecule has 2 N–H and O–H groups in total. The van der Waals surface area contributed by atoms with Gasteiger partial charge in [-0.25, -0.2) is 4.79 Å². The van der Waals surface area contributed by atoms with E-state index in [4.69, 9.17) is 11.3 Å². The Morgan fingerprint density at radius 1 is 1.56 bits per heavy atom. The van der Waals surface area contributed by atoms with Crippen LogP contribution in [0.1, 0.15) is 22.3 Å². The van der Waals surface area contributed by atoms with Gasteiger partial charge in [0.15, 0.2) is 0 Å². The molecule has 6 heteroatoms. The number of hydrogen-bond donors (Lipinski definition) is 1. The van der Waals surface area contributed by atoms with E-state index in [-0.39, 0.29) is 0 Å². The first-order chi connectivity index (χ1) is 8.67. The smallest absolute Gasteiger partial charge is 0.337 e. The fraction of sp³-hybridized carbons (Fsp3) is 0.250. The van der Waals surface area contributed by atoms with Gasteiger partial charge in [0.1, 0.15) is 0 Å². The molecule has 0 atom stereocenters. The highest BCUT2D eigenvalue weighted by atomic mass is 16.5. The van der Waals surface area contributed by atoms with Crippen molar-refractivity contribution in [3.8, 4) is 0 Å². The normalized spacial score (nSPS) is 10.1. The Hall–Kier alpha value is -2.46. The van der Waals surface area contributed by atoms with E-state index in [2.05, 4.69) is 14.8 Å². The predicted octanol–water partition coefficient (Wildman–Crippen LogP) is 2.77. The van der Waals surface area contributed by atoms with E-state index < -0.39 is 5.97 Å². The largest absolute Gasteiger partial charge is 0.465 e. The summed E-state index contributed by atoms with van der Waals surface area (Å²) in [5, 5.41) is 3.41. The number of nitrogens with zero attached hydrogens (tertiary/aromatic N) is 3. The molecule has 0 unspecified atom stereocenters. The summed E-state index contributed by atoms with van der Waals surface area (Å²) in [5.74, 6) is -0.425. The van der Waals surface area contributed by atoms with Gasteiger partial charge in [0.05, 0.1) is 12.7 Å². The average Bonchev–Trinajstić information content (AvgIpc) is 2.37. The van der Waals surface area contributed by atoms with Crippen molar-refractivity contribution in [2.24, 2.45) is 5.11 Å². The van der Waals surface area contributed by atoms with E-state index in [1.165, 1.54) is 7.11 Å². The highest BCUT2D eigenvalue weighted by Crippen LogP contribution is 2.14. The quantitative estimate of drug-likeness (QED) is 0.216. The first-order valence-corrected chi connectivity index (χ1v) is 5.33. The summed E-state index contributed by atoms with van der Waals surface area (Å²) in [4.78, 5) is 14.0. The molecule has 0 radical (unpaired) electrons. The molecule has 0 bridgehead atoms. The van der Waals surface area contributed by atoms with Gasteiger partial charge in [0.25, 0.3) is 0 Å². The van der Waals surface area contributed by atoms with Crippen molar-refractivity contribution in [3.63, 3.8) is 0 Å².